The van der Waals surface area contributed by atoms with Crippen LogP contribution in [0.15, 0.2) is 95.6 Å². The molecule has 0 aliphatic carbocycles. The van der Waals surface area contributed by atoms with Crippen LogP contribution < -0.4 is 14.8 Å². The molecule has 1 N–H and O–H groups in total. The van der Waals surface area contributed by atoms with Crippen molar-refractivity contribution in [1.82, 2.24) is 4.90 Å². The highest BCUT2D eigenvalue weighted by Crippen LogP contribution is 2.29. The number of furan rings is 1. The van der Waals surface area contributed by atoms with Gasteiger partial charge in [0.25, 0.3) is 0 Å². The Bertz CT molecular complexity index is 1210. The first-order chi connectivity index (χ1) is 16.6. The summed E-state index contributed by atoms with van der Waals surface area (Å²) < 4.78 is 17.0. The van der Waals surface area contributed by atoms with Gasteiger partial charge in [0.2, 0.25) is 0 Å². The van der Waals surface area contributed by atoms with Crippen LogP contribution >= 0.6 is 0 Å². The Morgan fingerprint density at radius 2 is 1.74 bits per heavy atom. The molecule has 0 aliphatic rings. The van der Waals surface area contributed by atoms with Crippen molar-refractivity contribution >= 4 is 11.7 Å². The number of nitrogens with zero attached hydrogens (tertiary/aromatic N) is 1. The zero-order valence-corrected chi connectivity index (χ0v) is 19.4. The van der Waals surface area contributed by atoms with Crippen molar-refractivity contribution in [2.75, 3.05) is 12.4 Å². The number of benzene rings is 3. The highest BCUT2D eigenvalue weighted by molar-refractivity contribution is 5.89. The van der Waals surface area contributed by atoms with E-state index in [1.807, 2.05) is 91.9 Å². The molecule has 0 radical (unpaired) electrons. The Morgan fingerprint density at radius 3 is 2.47 bits per heavy atom. The van der Waals surface area contributed by atoms with Crippen LogP contribution in [-0.4, -0.2) is 18.0 Å². The van der Waals surface area contributed by atoms with Gasteiger partial charge in [-0.15, -0.1) is 0 Å². The van der Waals surface area contributed by atoms with Crippen LogP contribution in [-0.2, 0) is 19.7 Å². The minimum absolute atomic E-state index is 0.217. The summed E-state index contributed by atoms with van der Waals surface area (Å²) >= 11 is 0. The number of carbonyl (C=O) groups is 1. The van der Waals surface area contributed by atoms with Gasteiger partial charge in [-0.25, -0.2) is 4.79 Å². The van der Waals surface area contributed by atoms with E-state index in [1.165, 1.54) is 0 Å². The standard InChI is InChI=1S/C28H28N2O4/c1-21-8-6-11-24(16-21)29-28(31)30(19-25-12-7-15-33-25)18-23-13-14-26(27(17-23)32-2)34-20-22-9-4-3-5-10-22/h3-17H,18-20H2,1-2H3,(H,29,31). The molecule has 1 heterocycles. The molecule has 0 atom stereocenters. The molecule has 6 nitrogen and oxygen atoms in total. The Balaban J connectivity index is 1.49. The van der Waals surface area contributed by atoms with E-state index in [1.54, 1.807) is 18.3 Å². The number of anilines is 1. The fourth-order valence-corrected chi connectivity index (χ4v) is 3.60. The summed E-state index contributed by atoms with van der Waals surface area (Å²) in [5, 5.41) is 2.98. The topological polar surface area (TPSA) is 63.9 Å². The number of hydrogen-bond donors (Lipinski definition) is 1. The molecule has 0 saturated carbocycles. The normalized spacial score (nSPS) is 10.5. The predicted molar refractivity (Wildman–Crippen MR) is 132 cm³/mol. The summed E-state index contributed by atoms with van der Waals surface area (Å²) in [7, 11) is 1.61. The Hall–Kier alpha value is -4.19. The second kappa shape index (κ2) is 11.1. The Morgan fingerprint density at radius 1 is 0.882 bits per heavy atom. The molecule has 174 valence electrons. The third kappa shape index (κ3) is 6.19. The molecule has 0 saturated heterocycles. The number of amides is 2. The predicted octanol–water partition coefficient (Wildman–Crippen LogP) is 6.41. The zero-order valence-electron chi connectivity index (χ0n) is 19.4. The summed E-state index contributed by atoms with van der Waals surface area (Å²) in [4.78, 5) is 14.8. The number of ether oxygens (including phenoxy) is 2. The van der Waals surface area contributed by atoms with E-state index in [9.17, 15) is 4.79 Å². The number of hydrogen-bond acceptors (Lipinski definition) is 4. The van der Waals surface area contributed by atoms with Gasteiger partial charge < -0.3 is 24.1 Å². The van der Waals surface area contributed by atoms with E-state index < -0.39 is 0 Å². The number of nitrogens with one attached hydrogen (secondary N) is 1. The van der Waals surface area contributed by atoms with Crippen LogP contribution in [0.3, 0.4) is 0 Å². The van der Waals surface area contributed by atoms with Crippen LogP contribution in [0.2, 0.25) is 0 Å². The molecule has 4 aromatic rings. The van der Waals surface area contributed by atoms with Crippen molar-refractivity contribution in [1.29, 1.82) is 0 Å². The number of urea groups is 1. The van der Waals surface area contributed by atoms with E-state index in [2.05, 4.69) is 5.32 Å². The fraction of sp³-hybridized carbons (Fsp3) is 0.179. The van der Waals surface area contributed by atoms with Gasteiger partial charge in [0.1, 0.15) is 12.4 Å². The minimum atomic E-state index is -0.217. The highest BCUT2D eigenvalue weighted by Gasteiger charge is 2.18. The van der Waals surface area contributed by atoms with Gasteiger partial charge in [-0.3, -0.25) is 0 Å². The van der Waals surface area contributed by atoms with Crippen LogP contribution in [0, 0.1) is 6.92 Å². The van der Waals surface area contributed by atoms with Crippen molar-refractivity contribution in [3.8, 4) is 11.5 Å². The average Bonchev–Trinajstić information content (AvgIpc) is 3.36. The Kier molecular flexibility index (Phi) is 7.50. The van der Waals surface area contributed by atoms with Gasteiger partial charge >= 0.3 is 6.03 Å². The van der Waals surface area contributed by atoms with Crippen molar-refractivity contribution in [3.05, 3.63) is 114 Å². The maximum atomic E-state index is 13.2. The summed E-state index contributed by atoms with van der Waals surface area (Å²) in [6, 6.07) is 26.8. The molecule has 0 spiro atoms. The van der Waals surface area contributed by atoms with Gasteiger partial charge in [0.05, 0.1) is 19.9 Å². The number of rotatable bonds is 9. The first kappa shape index (κ1) is 23.0. The molecule has 0 fully saturated rings. The minimum Gasteiger partial charge on any atom is -0.493 e. The molecule has 0 unspecified atom stereocenters. The van der Waals surface area contributed by atoms with Crippen LogP contribution in [0.1, 0.15) is 22.5 Å². The number of methoxy groups -OCH3 is 1. The van der Waals surface area contributed by atoms with E-state index >= 15 is 0 Å². The zero-order chi connectivity index (χ0) is 23.8. The molecule has 34 heavy (non-hydrogen) atoms. The van der Waals surface area contributed by atoms with Gasteiger partial charge in [0, 0.05) is 12.2 Å². The maximum absolute atomic E-state index is 13.2. The SMILES string of the molecule is COc1cc(CN(Cc2ccco2)C(=O)Nc2cccc(C)c2)ccc1OCc1ccccc1. The smallest absolute Gasteiger partial charge is 0.322 e. The summed E-state index contributed by atoms with van der Waals surface area (Å²) in [6.45, 7) is 3.14. The molecule has 0 bridgehead atoms. The van der Waals surface area contributed by atoms with Gasteiger partial charge in [-0.05, 0) is 60.0 Å². The van der Waals surface area contributed by atoms with Crippen molar-refractivity contribution in [2.45, 2.75) is 26.6 Å². The molecule has 0 aliphatic heterocycles. The summed E-state index contributed by atoms with van der Waals surface area (Å²) in [6.07, 6.45) is 1.61. The lowest BCUT2D eigenvalue weighted by molar-refractivity contribution is 0.201. The fourth-order valence-electron chi connectivity index (χ4n) is 3.60. The second-order valence-electron chi connectivity index (χ2n) is 7.99. The van der Waals surface area contributed by atoms with E-state index in [0.717, 1.165) is 22.4 Å². The largest absolute Gasteiger partial charge is 0.493 e. The van der Waals surface area contributed by atoms with Crippen LogP contribution in [0.4, 0.5) is 10.5 Å². The lowest BCUT2D eigenvalue weighted by Crippen LogP contribution is -2.34. The quantitative estimate of drug-likeness (QED) is 0.316. The first-order valence-corrected chi connectivity index (χ1v) is 11.1. The van der Waals surface area contributed by atoms with E-state index in [0.29, 0.717) is 37.0 Å². The third-order valence-corrected chi connectivity index (χ3v) is 5.32. The monoisotopic (exact) mass is 456 g/mol. The second-order valence-corrected chi connectivity index (χ2v) is 7.99. The van der Waals surface area contributed by atoms with Crippen LogP contribution in [0.25, 0.3) is 0 Å². The molecule has 6 heteroatoms. The maximum Gasteiger partial charge on any atom is 0.322 e. The van der Waals surface area contributed by atoms with Crippen molar-refractivity contribution < 1.29 is 18.7 Å². The summed E-state index contributed by atoms with van der Waals surface area (Å²) in [5.74, 6) is 1.97. The highest BCUT2D eigenvalue weighted by atomic mass is 16.5. The van der Waals surface area contributed by atoms with Gasteiger partial charge in [0.15, 0.2) is 11.5 Å². The van der Waals surface area contributed by atoms with Gasteiger partial charge in [-0.2, -0.15) is 0 Å². The Labute approximate surface area is 199 Å². The third-order valence-electron chi connectivity index (χ3n) is 5.32. The molecule has 2 amide bonds. The summed E-state index contributed by atoms with van der Waals surface area (Å²) in [5.41, 5.74) is 3.81. The first-order valence-electron chi connectivity index (χ1n) is 11.1. The molecule has 3 aromatic carbocycles. The van der Waals surface area contributed by atoms with Crippen molar-refractivity contribution in [2.24, 2.45) is 0 Å². The molecule has 4 rings (SSSR count). The number of aryl methyl sites for hydroxylation is 1. The lowest BCUT2D eigenvalue weighted by atomic mass is 10.1. The van der Waals surface area contributed by atoms with Crippen molar-refractivity contribution in [3.63, 3.8) is 0 Å². The molecular weight excluding hydrogens is 428 g/mol. The van der Waals surface area contributed by atoms with E-state index in [-0.39, 0.29) is 6.03 Å². The van der Waals surface area contributed by atoms with E-state index in [4.69, 9.17) is 13.9 Å². The average molecular weight is 457 g/mol. The molecular formula is C28H28N2O4. The molecule has 1 aromatic heterocycles. The lowest BCUT2D eigenvalue weighted by Gasteiger charge is -2.23. The van der Waals surface area contributed by atoms with Crippen LogP contribution in [0.5, 0.6) is 11.5 Å². The number of carbonyl (C=O) groups excluding carboxylic acids is 1. The van der Waals surface area contributed by atoms with Gasteiger partial charge in [-0.1, -0.05) is 48.5 Å².